The highest BCUT2D eigenvalue weighted by molar-refractivity contribution is 7.57. The first-order valence-electron chi connectivity index (χ1n) is 10.9. The third-order valence-corrected chi connectivity index (χ3v) is 10.5. The molecule has 29 heavy (non-hydrogen) atoms. The van der Waals surface area contributed by atoms with Gasteiger partial charge in [-0.3, -0.25) is 9.36 Å². The Balaban J connectivity index is 1.82. The van der Waals surface area contributed by atoms with Gasteiger partial charge in [-0.25, -0.2) is 14.0 Å². The summed E-state index contributed by atoms with van der Waals surface area (Å²) >= 11 is 0. The molecule has 0 radical (unpaired) electrons. The minimum atomic E-state index is -3.11. The second kappa shape index (κ2) is 7.81. The van der Waals surface area contributed by atoms with Crippen LogP contribution in [0.1, 0.15) is 65.0 Å². The molecule has 2 heterocycles. The summed E-state index contributed by atoms with van der Waals surface area (Å²) in [6.07, 6.45) is 4.50. The van der Waals surface area contributed by atoms with Crippen LogP contribution in [0, 0.1) is 0 Å². The molecule has 1 unspecified atom stereocenters. The number of methoxy groups -OCH3 is 1. The van der Waals surface area contributed by atoms with Crippen molar-refractivity contribution in [1.82, 2.24) is 14.0 Å². The molecule has 2 aliphatic heterocycles. The maximum absolute atomic E-state index is 15.1. The molecule has 0 bridgehead atoms. The van der Waals surface area contributed by atoms with Crippen LogP contribution in [0.4, 0.5) is 0 Å². The zero-order valence-electron chi connectivity index (χ0n) is 18.2. The van der Waals surface area contributed by atoms with Crippen LogP contribution in [0.5, 0.6) is 0 Å². The van der Waals surface area contributed by atoms with E-state index < -0.39 is 13.6 Å². The van der Waals surface area contributed by atoms with E-state index in [2.05, 4.69) is 37.0 Å². The van der Waals surface area contributed by atoms with Crippen LogP contribution in [0.25, 0.3) is 0 Å². The Morgan fingerprint density at radius 3 is 1.97 bits per heavy atom. The average Bonchev–Trinajstić information content (AvgIpc) is 3.39. The van der Waals surface area contributed by atoms with Gasteiger partial charge in [-0.2, -0.15) is 0 Å². The lowest BCUT2D eigenvalue weighted by Gasteiger charge is -2.37. The summed E-state index contributed by atoms with van der Waals surface area (Å²) in [5.74, 6) is -0.295. The predicted molar refractivity (Wildman–Crippen MR) is 114 cm³/mol. The molecule has 2 saturated heterocycles. The van der Waals surface area contributed by atoms with E-state index in [0.29, 0.717) is 0 Å². The van der Waals surface area contributed by atoms with Crippen molar-refractivity contribution in [3.05, 3.63) is 35.9 Å². The van der Waals surface area contributed by atoms with Gasteiger partial charge in [0.25, 0.3) is 7.59 Å². The van der Waals surface area contributed by atoms with E-state index in [1.165, 1.54) is 20.0 Å². The number of fused-ring (bicyclic) bond motifs is 1. The third-order valence-electron chi connectivity index (χ3n) is 6.70. The lowest BCUT2D eigenvalue weighted by atomic mass is 9.89. The van der Waals surface area contributed by atoms with E-state index in [0.717, 1.165) is 18.4 Å². The highest BCUT2D eigenvalue weighted by Gasteiger charge is 2.70. The van der Waals surface area contributed by atoms with Crippen LogP contribution in [-0.2, 0) is 14.1 Å². The number of nitrogens with zero attached hydrogens (tertiary/aromatic N) is 3. The highest BCUT2D eigenvalue weighted by atomic mass is 31.2. The molecule has 0 aromatic heterocycles. The minimum Gasteiger partial charge on any atom is -0.468 e. The molecule has 1 aromatic carbocycles. The molecule has 7 heteroatoms. The summed E-state index contributed by atoms with van der Waals surface area (Å²) in [5.41, 5.74) is 1.03. The number of rotatable bonds is 5. The van der Waals surface area contributed by atoms with Gasteiger partial charge in [0.1, 0.15) is 6.04 Å². The average molecular weight is 420 g/mol. The number of carbonyl (C=O) groups excluding carboxylic acids is 1. The minimum absolute atomic E-state index is 0.144. The first kappa shape index (κ1) is 21.0. The molecule has 6 nitrogen and oxygen atoms in total. The predicted octanol–water partition coefficient (Wildman–Crippen LogP) is 4.44. The van der Waals surface area contributed by atoms with Gasteiger partial charge in [0.15, 0.2) is 0 Å². The van der Waals surface area contributed by atoms with Gasteiger partial charge in [0, 0.05) is 24.2 Å². The van der Waals surface area contributed by atoms with Crippen molar-refractivity contribution in [2.75, 3.05) is 7.11 Å². The molecule has 3 fully saturated rings. The number of hydrogen-bond donors (Lipinski definition) is 0. The van der Waals surface area contributed by atoms with Gasteiger partial charge >= 0.3 is 5.97 Å². The van der Waals surface area contributed by atoms with Gasteiger partial charge in [-0.15, -0.1) is 0 Å². The second-order valence-electron chi connectivity index (χ2n) is 9.08. The fraction of sp³-hybridized carbons (Fsp3) is 0.682. The zero-order chi connectivity index (χ0) is 20.9. The monoisotopic (exact) mass is 419 g/mol. The topological polar surface area (TPSA) is 52.9 Å². The van der Waals surface area contributed by atoms with E-state index in [4.69, 9.17) is 4.74 Å². The number of carbonyl (C=O) groups is 1. The van der Waals surface area contributed by atoms with Crippen molar-refractivity contribution < 1.29 is 14.1 Å². The number of ether oxygens (including phenoxy) is 1. The van der Waals surface area contributed by atoms with Crippen LogP contribution in [0.2, 0.25) is 0 Å². The van der Waals surface area contributed by atoms with Crippen molar-refractivity contribution >= 4 is 13.6 Å². The second-order valence-corrected chi connectivity index (χ2v) is 11.5. The van der Waals surface area contributed by atoms with E-state index >= 15 is 4.57 Å². The van der Waals surface area contributed by atoms with Crippen LogP contribution in [0.3, 0.4) is 0 Å². The van der Waals surface area contributed by atoms with Crippen molar-refractivity contribution in [2.45, 2.75) is 89.6 Å². The summed E-state index contributed by atoms with van der Waals surface area (Å²) < 4.78 is 26.7. The molecule has 5 atom stereocenters. The molecule has 4 rings (SSSR count). The smallest absolute Gasteiger partial charge is 0.325 e. The third kappa shape index (κ3) is 3.20. The van der Waals surface area contributed by atoms with Gasteiger partial charge in [-0.1, -0.05) is 43.2 Å². The molecule has 3 aliphatic rings. The SMILES string of the molecule is COC(=O)[C@@H]1[C@H](c2ccccc2)N1P1(=O)N(C(C)C)[C@@H]2CCCC[C@H]2N1C(C)C. The lowest BCUT2D eigenvalue weighted by Crippen LogP contribution is -2.43. The van der Waals surface area contributed by atoms with E-state index in [9.17, 15) is 4.79 Å². The van der Waals surface area contributed by atoms with Crippen LogP contribution >= 0.6 is 7.59 Å². The van der Waals surface area contributed by atoms with Gasteiger partial charge in [0.05, 0.1) is 13.2 Å². The van der Waals surface area contributed by atoms with Crippen molar-refractivity contribution in [2.24, 2.45) is 0 Å². The Bertz CT molecular complexity index is 772. The Morgan fingerprint density at radius 1 is 1.00 bits per heavy atom. The summed E-state index contributed by atoms with van der Waals surface area (Å²) in [5, 5.41) is 0. The number of hydrogen-bond acceptors (Lipinski definition) is 3. The molecule has 1 aromatic rings. The summed E-state index contributed by atoms with van der Waals surface area (Å²) in [4.78, 5) is 12.7. The van der Waals surface area contributed by atoms with Crippen molar-refractivity contribution in [1.29, 1.82) is 0 Å². The molecule has 1 aliphatic carbocycles. The van der Waals surface area contributed by atoms with Gasteiger partial charge in [-0.05, 0) is 46.1 Å². The quantitative estimate of drug-likeness (QED) is 0.400. The summed E-state index contributed by atoms with van der Waals surface area (Å²) in [6.45, 7) is 8.54. The van der Waals surface area contributed by atoms with E-state index in [1.807, 2.05) is 35.0 Å². The fourth-order valence-electron chi connectivity index (χ4n) is 5.71. The Labute approximate surface area is 174 Å². The maximum Gasteiger partial charge on any atom is 0.325 e. The fourth-order valence-corrected chi connectivity index (χ4v) is 10.0. The molecule has 0 N–H and O–H groups in total. The normalized spacial score (nSPS) is 34.4. The first-order chi connectivity index (χ1) is 13.8. The van der Waals surface area contributed by atoms with Crippen LogP contribution < -0.4 is 0 Å². The van der Waals surface area contributed by atoms with E-state index in [-0.39, 0.29) is 36.2 Å². The molecule has 0 spiro atoms. The number of esters is 1. The zero-order valence-corrected chi connectivity index (χ0v) is 19.1. The van der Waals surface area contributed by atoms with Crippen LogP contribution in [-0.4, -0.2) is 57.3 Å². The molecule has 0 amide bonds. The standard InChI is InChI=1S/C22H34N3O3P/c1-15(2)23-18-13-9-10-14-19(18)24(16(3)4)29(23,27)25-20(21(25)22(26)28-5)17-11-7-6-8-12-17/h6-8,11-12,15-16,18-21H,9-10,13-14H2,1-5H3/t18-,19-,20+,21+,25?/m1/s1. The molecule has 1 saturated carbocycles. The maximum atomic E-state index is 15.1. The summed E-state index contributed by atoms with van der Waals surface area (Å²) in [7, 11) is -1.69. The Morgan fingerprint density at radius 2 is 1.52 bits per heavy atom. The Kier molecular flexibility index (Phi) is 5.67. The largest absolute Gasteiger partial charge is 0.468 e. The van der Waals surface area contributed by atoms with Gasteiger partial charge in [0.2, 0.25) is 0 Å². The number of benzene rings is 1. The van der Waals surface area contributed by atoms with Crippen molar-refractivity contribution in [3.8, 4) is 0 Å². The highest BCUT2D eigenvalue weighted by Crippen LogP contribution is 2.75. The Hall–Kier alpha value is -1.20. The molecular formula is C22H34N3O3P. The molecule has 160 valence electrons. The van der Waals surface area contributed by atoms with Crippen LogP contribution in [0.15, 0.2) is 30.3 Å². The summed E-state index contributed by atoms with van der Waals surface area (Å²) in [6, 6.07) is 10.1. The lowest BCUT2D eigenvalue weighted by molar-refractivity contribution is -0.140. The first-order valence-corrected chi connectivity index (χ1v) is 12.5. The van der Waals surface area contributed by atoms with E-state index in [1.54, 1.807) is 0 Å². The van der Waals surface area contributed by atoms with Crippen molar-refractivity contribution in [3.63, 3.8) is 0 Å². The molecular weight excluding hydrogens is 385 g/mol. The van der Waals surface area contributed by atoms with Gasteiger partial charge < -0.3 is 4.74 Å².